The lowest BCUT2D eigenvalue weighted by atomic mass is 9.89. The standard InChI is InChI=1S/C20H31N5O.HI/c1-6-22-19(24-14-18(26-5)20(2,3)4)23-13-16-9-7-8-10-17(16)25-12-11-21-15-25;/h7-12,15,18H,6,13-14H2,1-5H3,(H2,22,23,24);1H. The van der Waals surface area contributed by atoms with Crippen LogP contribution in [-0.4, -0.2) is 41.8 Å². The van der Waals surface area contributed by atoms with Crippen molar-refractivity contribution in [3.63, 3.8) is 0 Å². The summed E-state index contributed by atoms with van der Waals surface area (Å²) in [5.74, 6) is 0.791. The van der Waals surface area contributed by atoms with Crippen molar-refractivity contribution in [1.82, 2.24) is 20.2 Å². The fraction of sp³-hybridized carbons (Fsp3) is 0.500. The summed E-state index contributed by atoms with van der Waals surface area (Å²) in [4.78, 5) is 8.88. The zero-order chi connectivity index (χ0) is 19.0. The van der Waals surface area contributed by atoms with Crippen LogP contribution in [0.2, 0.25) is 0 Å². The molecule has 6 nitrogen and oxygen atoms in total. The maximum Gasteiger partial charge on any atom is 0.191 e. The Morgan fingerprint density at radius 2 is 2.00 bits per heavy atom. The SMILES string of the molecule is CCNC(=NCc1ccccc1-n1ccnc1)NCC(OC)C(C)(C)C.I. The van der Waals surface area contributed by atoms with Crippen LogP contribution in [-0.2, 0) is 11.3 Å². The monoisotopic (exact) mass is 485 g/mol. The summed E-state index contributed by atoms with van der Waals surface area (Å²) in [6, 6.07) is 8.23. The minimum Gasteiger partial charge on any atom is -0.379 e. The molecule has 0 aliphatic carbocycles. The molecule has 0 bridgehead atoms. The summed E-state index contributed by atoms with van der Waals surface area (Å²) < 4.78 is 7.62. The number of ether oxygens (including phenoxy) is 1. The van der Waals surface area contributed by atoms with E-state index >= 15 is 0 Å². The Morgan fingerprint density at radius 1 is 1.26 bits per heavy atom. The average Bonchev–Trinajstić information content (AvgIpc) is 3.13. The lowest BCUT2D eigenvalue weighted by Gasteiger charge is -2.30. The summed E-state index contributed by atoms with van der Waals surface area (Å²) in [5, 5.41) is 6.70. The zero-order valence-corrected chi connectivity index (χ0v) is 19.2. The van der Waals surface area contributed by atoms with E-state index in [1.807, 2.05) is 22.9 Å². The van der Waals surface area contributed by atoms with Crippen LogP contribution in [0.15, 0.2) is 48.0 Å². The van der Waals surface area contributed by atoms with Crippen LogP contribution in [0.3, 0.4) is 0 Å². The average molecular weight is 485 g/mol. The van der Waals surface area contributed by atoms with E-state index in [0.29, 0.717) is 13.1 Å². The van der Waals surface area contributed by atoms with Gasteiger partial charge in [-0.1, -0.05) is 39.0 Å². The number of nitrogens with one attached hydrogen (secondary N) is 2. The van der Waals surface area contributed by atoms with E-state index in [-0.39, 0.29) is 35.5 Å². The van der Waals surface area contributed by atoms with E-state index in [2.05, 4.69) is 55.4 Å². The summed E-state index contributed by atoms with van der Waals surface area (Å²) in [7, 11) is 1.75. The van der Waals surface area contributed by atoms with E-state index in [1.54, 1.807) is 19.6 Å². The Labute approximate surface area is 179 Å². The van der Waals surface area contributed by atoms with Gasteiger partial charge in [0.15, 0.2) is 5.96 Å². The van der Waals surface area contributed by atoms with Crippen molar-refractivity contribution in [1.29, 1.82) is 0 Å². The van der Waals surface area contributed by atoms with Gasteiger partial charge in [-0.05, 0) is 24.0 Å². The van der Waals surface area contributed by atoms with Crippen LogP contribution in [0.4, 0.5) is 0 Å². The molecule has 0 saturated carbocycles. The second-order valence-corrected chi connectivity index (χ2v) is 7.27. The van der Waals surface area contributed by atoms with Gasteiger partial charge in [0.05, 0.1) is 24.7 Å². The highest BCUT2D eigenvalue weighted by Gasteiger charge is 2.24. The lowest BCUT2D eigenvalue weighted by Crippen LogP contribution is -2.45. The van der Waals surface area contributed by atoms with Crippen LogP contribution in [0.5, 0.6) is 0 Å². The molecule has 0 aliphatic heterocycles. The highest BCUT2D eigenvalue weighted by molar-refractivity contribution is 14.0. The Bertz CT molecular complexity index is 695. The first-order valence-electron chi connectivity index (χ1n) is 9.07. The zero-order valence-electron chi connectivity index (χ0n) is 16.9. The Morgan fingerprint density at radius 3 is 2.59 bits per heavy atom. The molecule has 2 aromatic rings. The Balaban J connectivity index is 0.00000364. The normalized spacial score (nSPS) is 13.0. The number of methoxy groups -OCH3 is 1. The summed E-state index contributed by atoms with van der Waals surface area (Å²) in [6.45, 7) is 10.7. The number of rotatable bonds is 7. The van der Waals surface area contributed by atoms with E-state index in [4.69, 9.17) is 9.73 Å². The minimum absolute atomic E-state index is 0. The van der Waals surface area contributed by atoms with Crippen molar-refractivity contribution >= 4 is 29.9 Å². The maximum atomic E-state index is 5.62. The molecule has 1 heterocycles. The Kier molecular flexibility index (Phi) is 9.79. The van der Waals surface area contributed by atoms with Gasteiger partial charge >= 0.3 is 0 Å². The van der Waals surface area contributed by atoms with Crippen molar-refractivity contribution in [3.8, 4) is 5.69 Å². The number of aromatic nitrogens is 2. The maximum absolute atomic E-state index is 5.62. The molecule has 0 saturated heterocycles. The van der Waals surface area contributed by atoms with Gasteiger partial charge in [0, 0.05) is 32.6 Å². The molecule has 1 aromatic carbocycles. The van der Waals surface area contributed by atoms with Crippen molar-refractivity contribution < 1.29 is 4.74 Å². The topological polar surface area (TPSA) is 63.5 Å². The van der Waals surface area contributed by atoms with E-state index < -0.39 is 0 Å². The molecule has 0 fully saturated rings. The molecule has 0 spiro atoms. The van der Waals surface area contributed by atoms with Crippen molar-refractivity contribution in [3.05, 3.63) is 48.5 Å². The molecule has 0 radical (unpaired) electrons. The molecule has 1 aromatic heterocycles. The summed E-state index contributed by atoms with van der Waals surface area (Å²) >= 11 is 0. The third-order valence-electron chi connectivity index (χ3n) is 4.23. The number of hydrogen-bond donors (Lipinski definition) is 2. The van der Waals surface area contributed by atoms with Gasteiger partial charge in [0.25, 0.3) is 0 Å². The van der Waals surface area contributed by atoms with Gasteiger partial charge in [-0.2, -0.15) is 0 Å². The first-order valence-corrected chi connectivity index (χ1v) is 9.07. The van der Waals surface area contributed by atoms with Crippen LogP contribution >= 0.6 is 24.0 Å². The third kappa shape index (κ3) is 7.14. The molecular formula is C20H32IN5O. The van der Waals surface area contributed by atoms with E-state index in [9.17, 15) is 0 Å². The molecule has 1 atom stereocenters. The van der Waals surface area contributed by atoms with Gasteiger partial charge in [0.2, 0.25) is 0 Å². The van der Waals surface area contributed by atoms with Crippen LogP contribution < -0.4 is 10.6 Å². The molecule has 2 rings (SSSR count). The van der Waals surface area contributed by atoms with Gasteiger partial charge in [0.1, 0.15) is 0 Å². The summed E-state index contributed by atoms with van der Waals surface area (Å²) in [5.41, 5.74) is 2.29. The fourth-order valence-corrected chi connectivity index (χ4v) is 2.74. The van der Waals surface area contributed by atoms with Crippen LogP contribution in [0, 0.1) is 5.41 Å². The molecule has 2 N–H and O–H groups in total. The number of para-hydroxylation sites is 1. The molecule has 150 valence electrons. The Hall–Kier alpha value is -1.61. The first-order chi connectivity index (χ1) is 12.5. The van der Waals surface area contributed by atoms with Crippen molar-refractivity contribution in [2.45, 2.75) is 40.3 Å². The summed E-state index contributed by atoms with van der Waals surface area (Å²) in [6.07, 6.45) is 5.63. The minimum atomic E-state index is 0. The highest BCUT2D eigenvalue weighted by Crippen LogP contribution is 2.21. The van der Waals surface area contributed by atoms with Gasteiger partial charge in [-0.15, -0.1) is 24.0 Å². The second kappa shape index (κ2) is 11.3. The quantitative estimate of drug-likeness (QED) is 0.358. The third-order valence-corrected chi connectivity index (χ3v) is 4.23. The molecule has 7 heteroatoms. The molecular weight excluding hydrogens is 453 g/mol. The van der Waals surface area contributed by atoms with E-state index in [1.165, 1.54) is 0 Å². The van der Waals surface area contributed by atoms with Gasteiger partial charge < -0.3 is 19.9 Å². The number of aliphatic imine (C=N–C) groups is 1. The number of benzene rings is 1. The number of imidazole rings is 1. The largest absolute Gasteiger partial charge is 0.379 e. The number of nitrogens with zero attached hydrogens (tertiary/aromatic N) is 3. The molecule has 0 amide bonds. The lowest BCUT2D eigenvalue weighted by molar-refractivity contribution is 0.0205. The highest BCUT2D eigenvalue weighted by atomic mass is 127. The van der Waals surface area contributed by atoms with Crippen LogP contribution in [0.25, 0.3) is 5.69 Å². The number of hydrogen-bond acceptors (Lipinski definition) is 3. The van der Waals surface area contributed by atoms with Crippen LogP contribution in [0.1, 0.15) is 33.3 Å². The fourth-order valence-electron chi connectivity index (χ4n) is 2.74. The predicted octanol–water partition coefficient (Wildman–Crippen LogP) is 3.61. The molecule has 27 heavy (non-hydrogen) atoms. The van der Waals surface area contributed by atoms with Gasteiger partial charge in [-0.25, -0.2) is 9.98 Å². The smallest absolute Gasteiger partial charge is 0.191 e. The number of guanidine groups is 1. The molecule has 0 aliphatic rings. The first kappa shape index (κ1) is 23.4. The van der Waals surface area contributed by atoms with E-state index in [0.717, 1.165) is 23.8 Å². The molecule has 1 unspecified atom stereocenters. The second-order valence-electron chi connectivity index (χ2n) is 7.27. The predicted molar refractivity (Wildman–Crippen MR) is 122 cm³/mol. The van der Waals surface area contributed by atoms with Gasteiger partial charge in [-0.3, -0.25) is 0 Å². The van der Waals surface area contributed by atoms with Crippen molar-refractivity contribution in [2.75, 3.05) is 20.2 Å². The number of halogens is 1. The van der Waals surface area contributed by atoms with Crippen molar-refractivity contribution in [2.24, 2.45) is 10.4 Å².